The highest BCUT2D eigenvalue weighted by Gasteiger charge is 2.32. The summed E-state index contributed by atoms with van der Waals surface area (Å²) < 4.78 is 7.50. The monoisotopic (exact) mass is 341 g/mol. The van der Waals surface area contributed by atoms with Crippen molar-refractivity contribution in [2.45, 2.75) is 52.5 Å². The summed E-state index contributed by atoms with van der Waals surface area (Å²) in [6, 6.07) is 6.28. The fourth-order valence-electron chi connectivity index (χ4n) is 3.42. The maximum Gasteiger partial charge on any atom is 0.226 e. The van der Waals surface area contributed by atoms with Gasteiger partial charge in [-0.25, -0.2) is 4.68 Å². The minimum Gasteiger partial charge on any atom is -0.496 e. The van der Waals surface area contributed by atoms with Crippen LogP contribution in [0.2, 0.25) is 0 Å². The predicted octanol–water partition coefficient (Wildman–Crippen LogP) is 4.15. The molecule has 1 atom stereocenters. The van der Waals surface area contributed by atoms with Crippen LogP contribution < -0.4 is 10.1 Å². The molecular formula is C20H27N3O2. The second kappa shape index (κ2) is 6.90. The summed E-state index contributed by atoms with van der Waals surface area (Å²) in [5, 5.41) is 7.53. The Morgan fingerprint density at radius 1 is 1.28 bits per heavy atom. The van der Waals surface area contributed by atoms with Crippen molar-refractivity contribution in [2.75, 3.05) is 12.4 Å². The van der Waals surface area contributed by atoms with Crippen molar-refractivity contribution in [3.63, 3.8) is 0 Å². The third-order valence-corrected chi connectivity index (χ3v) is 4.72. The van der Waals surface area contributed by atoms with Crippen LogP contribution in [0.3, 0.4) is 0 Å². The Labute approximate surface area is 149 Å². The first-order valence-corrected chi connectivity index (χ1v) is 8.94. The summed E-state index contributed by atoms with van der Waals surface area (Å²) in [6.07, 6.45) is 2.31. The number of hydrogen-bond donors (Lipinski definition) is 1. The smallest absolute Gasteiger partial charge is 0.226 e. The van der Waals surface area contributed by atoms with Gasteiger partial charge in [-0.3, -0.25) is 4.79 Å². The SMILES string of the molecule is COc1ccc(C(C)C)cc1[C@@H]1CC(=O)Nc2c1cnn2CC(C)C. The van der Waals surface area contributed by atoms with Gasteiger partial charge in [0, 0.05) is 30.0 Å². The van der Waals surface area contributed by atoms with Gasteiger partial charge in [0.2, 0.25) is 5.91 Å². The molecular weight excluding hydrogens is 314 g/mol. The molecule has 1 amide bonds. The molecule has 134 valence electrons. The van der Waals surface area contributed by atoms with Gasteiger partial charge in [0.15, 0.2) is 0 Å². The maximum atomic E-state index is 12.4. The van der Waals surface area contributed by atoms with Gasteiger partial charge in [-0.15, -0.1) is 0 Å². The fourth-order valence-corrected chi connectivity index (χ4v) is 3.42. The van der Waals surface area contributed by atoms with Gasteiger partial charge in [0.1, 0.15) is 11.6 Å². The molecule has 0 saturated heterocycles. The molecule has 0 bridgehead atoms. The number of carbonyl (C=O) groups excluding carboxylic acids is 1. The standard InChI is InChI=1S/C20H27N3O2/c1-12(2)11-23-20-17(10-21-23)15(9-19(24)22-20)16-8-14(13(3)4)6-7-18(16)25-5/h6-8,10,12-13,15H,9,11H2,1-5H3,(H,22,24)/t15-/m0/s1. The van der Waals surface area contributed by atoms with Gasteiger partial charge in [0.25, 0.3) is 0 Å². The molecule has 1 aromatic carbocycles. The highest BCUT2D eigenvalue weighted by atomic mass is 16.5. The first-order chi connectivity index (χ1) is 11.9. The molecule has 0 radical (unpaired) electrons. The van der Waals surface area contributed by atoms with Crippen LogP contribution in [-0.2, 0) is 11.3 Å². The van der Waals surface area contributed by atoms with E-state index in [9.17, 15) is 4.79 Å². The predicted molar refractivity (Wildman–Crippen MR) is 99.2 cm³/mol. The van der Waals surface area contributed by atoms with Gasteiger partial charge < -0.3 is 10.1 Å². The third-order valence-electron chi connectivity index (χ3n) is 4.72. The number of amides is 1. The summed E-state index contributed by atoms with van der Waals surface area (Å²) in [5.74, 6) is 2.53. The number of ether oxygens (including phenoxy) is 1. The Morgan fingerprint density at radius 2 is 2.04 bits per heavy atom. The topological polar surface area (TPSA) is 56.1 Å². The van der Waals surface area contributed by atoms with E-state index < -0.39 is 0 Å². The average molecular weight is 341 g/mol. The Hall–Kier alpha value is -2.30. The summed E-state index contributed by atoms with van der Waals surface area (Å²) >= 11 is 0. The molecule has 0 unspecified atom stereocenters. The molecule has 1 aliphatic heterocycles. The van der Waals surface area contributed by atoms with Crippen LogP contribution in [0, 0.1) is 5.92 Å². The number of carbonyl (C=O) groups is 1. The number of nitrogens with one attached hydrogen (secondary N) is 1. The quantitative estimate of drug-likeness (QED) is 0.889. The van der Waals surface area contributed by atoms with Gasteiger partial charge in [-0.2, -0.15) is 5.10 Å². The molecule has 3 rings (SSSR count). The van der Waals surface area contributed by atoms with E-state index in [1.807, 2.05) is 16.9 Å². The fraction of sp³-hybridized carbons (Fsp3) is 0.500. The lowest BCUT2D eigenvalue weighted by Crippen LogP contribution is -2.25. The van der Waals surface area contributed by atoms with Crippen LogP contribution in [-0.4, -0.2) is 22.8 Å². The molecule has 0 fully saturated rings. The molecule has 0 saturated carbocycles. The van der Waals surface area contributed by atoms with E-state index in [-0.39, 0.29) is 11.8 Å². The van der Waals surface area contributed by atoms with Crippen LogP contribution >= 0.6 is 0 Å². The van der Waals surface area contributed by atoms with Crippen molar-refractivity contribution < 1.29 is 9.53 Å². The van der Waals surface area contributed by atoms with E-state index in [2.05, 4.69) is 50.2 Å². The first-order valence-electron chi connectivity index (χ1n) is 8.94. The van der Waals surface area contributed by atoms with E-state index in [1.54, 1.807) is 7.11 Å². The minimum atomic E-state index is -0.0293. The minimum absolute atomic E-state index is 0.0278. The van der Waals surface area contributed by atoms with Crippen molar-refractivity contribution in [2.24, 2.45) is 5.92 Å². The van der Waals surface area contributed by atoms with E-state index in [0.29, 0.717) is 18.3 Å². The summed E-state index contributed by atoms with van der Waals surface area (Å²) in [6.45, 7) is 9.42. The van der Waals surface area contributed by atoms with Crippen LogP contribution in [0.25, 0.3) is 0 Å². The van der Waals surface area contributed by atoms with E-state index >= 15 is 0 Å². The number of benzene rings is 1. The van der Waals surface area contributed by atoms with Gasteiger partial charge in [0.05, 0.1) is 13.3 Å². The van der Waals surface area contributed by atoms with Crippen molar-refractivity contribution in [3.8, 4) is 5.75 Å². The van der Waals surface area contributed by atoms with E-state index in [4.69, 9.17) is 4.74 Å². The Balaban J connectivity index is 2.09. The molecule has 25 heavy (non-hydrogen) atoms. The number of anilines is 1. The molecule has 1 aromatic heterocycles. The van der Waals surface area contributed by atoms with E-state index in [1.165, 1.54) is 5.56 Å². The molecule has 0 spiro atoms. The Morgan fingerprint density at radius 3 is 2.68 bits per heavy atom. The highest BCUT2D eigenvalue weighted by molar-refractivity contribution is 5.94. The van der Waals surface area contributed by atoms with Crippen LogP contribution in [0.4, 0.5) is 5.82 Å². The number of methoxy groups -OCH3 is 1. The lowest BCUT2D eigenvalue weighted by atomic mass is 9.85. The number of rotatable bonds is 5. The summed E-state index contributed by atoms with van der Waals surface area (Å²) in [4.78, 5) is 12.4. The maximum absolute atomic E-state index is 12.4. The normalized spacial score (nSPS) is 16.9. The van der Waals surface area contributed by atoms with Gasteiger partial charge in [-0.05, 0) is 23.5 Å². The van der Waals surface area contributed by atoms with Gasteiger partial charge >= 0.3 is 0 Å². The zero-order valence-corrected chi connectivity index (χ0v) is 15.7. The summed E-state index contributed by atoms with van der Waals surface area (Å²) in [7, 11) is 1.68. The van der Waals surface area contributed by atoms with Crippen molar-refractivity contribution >= 4 is 11.7 Å². The zero-order chi connectivity index (χ0) is 18.1. The highest BCUT2D eigenvalue weighted by Crippen LogP contribution is 2.41. The Bertz CT molecular complexity index is 777. The lowest BCUT2D eigenvalue weighted by Gasteiger charge is -2.26. The van der Waals surface area contributed by atoms with Crippen molar-refractivity contribution in [3.05, 3.63) is 41.1 Å². The molecule has 1 aliphatic rings. The Kier molecular flexibility index (Phi) is 4.84. The number of fused-ring (bicyclic) bond motifs is 1. The summed E-state index contributed by atoms with van der Waals surface area (Å²) in [5.41, 5.74) is 3.38. The molecule has 5 nitrogen and oxygen atoms in total. The largest absolute Gasteiger partial charge is 0.496 e. The van der Waals surface area contributed by atoms with Crippen LogP contribution in [0.1, 0.15) is 62.6 Å². The average Bonchev–Trinajstić information content (AvgIpc) is 2.95. The second-order valence-corrected chi connectivity index (χ2v) is 7.49. The van der Waals surface area contributed by atoms with Crippen LogP contribution in [0.5, 0.6) is 5.75 Å². The lowest BCUT2D eigenvalue weighted by molar-refractivity contribution is -0.116. The second-order valence-electron chi connectivity index (χ2n) is 7.49. The molecule has 2 aromatic rings. The first kappa shape index (κ1) is 17.5. The molecule has 1 N–H and O–H groups in total. The van der Waals surface area contributed by atoms with Crippen LogP contribution in [0.15, 0.2) is 24.4 Å². The number of nitrogens with zero attached hydrogens (tertiary/aromatic N) is 2. The zero-order valence-electron chi connectivity index (χ0n) is 15.7. The third kappa shape index (κ3) is 3.41. The van der Waals surface area contributed by atoms with Crippen molar-refractivity contribution in [1.82, 2.24) is 9.78 Å². The van der Waals surface area contributed by atoms with Crippen molar-refractivity contribution in [1.29, 1.82) is 0 Å². The molecule has 0 aliphatic carbocycles. The number of aromatic nitrogens is 2. The molecule has 2 heterocycles. The van der Waals surface area contributed by atoms with E-state index in [0.717, 1.165) is 29.2 Å². The van der Waals surface area contributed by atoms with Gasteiger partial charge in [-0.1, -0.05) is 39.8 Å². The molecule has 5 heteroatoms. The number of hydrogen-bond acceptors (Lipinski definition) is 3.